The number of hydrogen-bond donors (Lipinski definition) is 0. The molecule has 1 aliphatic carbocycles. The van der Waals surface area contributed by atoms with Crippen molar-refractivity contribution < 1.29 is 9.53 Å². The molecule has 0 bridgehead atoms. The summed E-state index contributed by atoms with van der Waals surface area (Å²) < 4.78 is 4.97. The van der Waals surface area contributed by atoms with E-state index in [-0.39, 0.29) is 5.78 Å². The lowest BCUT2D eigenvalue weighted by Crippen LogP contribution is -2.00. The molecule has 1 rings (SSSR count). The minimum Gasteiger partial charge on any atom is -0.493 e. The van der Waals surface area contributed by atoms with Crippen LogP contribution >= 0.6 is 0 Å². The van der Waals surface area contributed by atoms with Crippen molar-refractivity contribution in [3.8, 4) is 0 Å². The SMILES string of the molecule is CO/C1=C/CC/C=C(C)\C=C/C1=O. The van der Waals surface area contributed by atoms with Crippen LogP contribution in [0.1, 0.15) is 19.8 Å². The fraction of sp³-hybridized carbons (Fsp3) is 0.364. The van der Waals surface area contributed by atoms with Crippen molar-refractivity contribution in [2.45, 2.75) is 19.8 Å². The molecule has 13 heavy (non-hydrogen) atoms. The smallest absolute Gasteiger partial charge is 0.220 e. The first kappa shape index (κ1) is 9.78. The van der Waals surface area contributed by atoms with E-state index in [2.05, 4.69) is 6.08 Å². The Kier molecular flexibility index (Phi) is 3.50. The summed E-state index contributed by atoms with van der Waals surface area (Å²) in [4.78, 5) is 11.4. The van der Waals surface area contributed by atoms with Gasteiger partial charge in [0.2, 0.25) is 5.78 Å². The molecule has 2 heteroatoms. The van der Waals surface area contributed by atoms with E-state index in [4.69, 9.17) is 4.74 Å². The standard InChI is InChI=1S/C11H14O2/c1-9-5-3-4-6-11(13-2)10(12)8-7-9/h5-8H,3-4H2,1-2H3/b8-7-,9-5-,11-6+. The van der Waals surface area contributed by atoms with Gasteiger partial charge in [-0.2, -0.15) is 0 Å². The number of ether oxygens (including phenoxy) is 1. The molecule has 0 heterocycles. The van der Waals surface area contributed by atoms with Gasteiger partial charge in [-0.05, 0) is 31.9 Å². The second-order valence-electron chi connectivity index (χ2n) is 3.00. The first-order valence-corrected chi connectivity index (χ1v) is 4.37. The second kappa shape index (κ2) is 4.65. The summed E-state index contributed by atoms with van der Waals surface area (Å²) in [6, 6.07) is 0. The average molecular weight is 178 g/mol. The maximum Gasteiger partial charge on any atom is 0.220 e. The summed E-state index contributed by atoms with van der Waals surface area (Å²) in [5.41, 5.74) is 1.12. The lowest BCUT2D eigenvalue weighted by Gasteiger charge is -1.99. The van der Waals surface area contributed by atoms with Gasteiger partial charge in [0.05, 0.1) is 7.11 Å². The predicted octanol–water partition coefficient (Wildman–Crippen LogP) is 2.38. The summed E-state index contributed by atoms with van der Waals surface area (Å²) in [5.74, 6) is 0.386. The van der Waals surface area contributed by atoms with E-state index in [9.17, 15) is 4.79 Å². The summed E-state index contributed by atoms with van der Waals surface area (Å²) in [7, 11) is 1.52. The molecule has 2 nitrogen and oxygen atoms in total. The molecule has 0 amide bonds. The van der Waals surface area contributed by atoms with Gasteiger partial charge in [0, 0.05) is 0 Å². The van der Waals surface area contributed by atoms with Gasteiger partial charge in [0.25, 0.3) is 0 Å². The molecule has 0 aromatic heterocycles. The predicted molar refractivity (Wildman–Crippen MR) is 52.2 cm³/mol. The van der Waals surface area contributed by atoms with Crippen LogP contribution in [0, 0.1) is 0 Å². The first-order valence-electron chi connectivity index (χ1n) is 4.37. The second-order valence-corrected chi connectivity index (χ2v) is 3.00. The van der Waals surface area contributed by atoms with Crippen LogP contribution in [0.4, 0.5) is 0 Å². The number of carbonyl (C=O) groups is 1. The van der Waals surface area contributed by atoms with Crippen molar-refractivity contribution in [3.05, 3.63) is 35.6 Å². The van der Waals surface area contributed by atoms with Gasteiger partial charge >= 0.3 is 0 Å². The highest BCUT2D eigenvalue weighted by Crippen LogP contribution is 2.09. The van der Waals surface area contributed by atoms with E-state index in [1.165, 1.54) is 7.11 Å². The average Bonchev–Trinajstić information content (AvgIpc) is 2.20. The van der Waals surface area contributed by atoms with Crippen LogP contribution < -0.4 is 0 Å². The van der Waals surface area contributed by atoms with Crippen LogP contribution in [-0.4, -0.2) is 12.9 Å². The number of allylic oxidation sites excluding steroid dienone is 5. The fourth-order valence-corrected chi connectivity index (χ4v) is 1.17. The molecule has 70 valence electrons. The normalized spacial score (nSPS) is 28.6. The highest BCUT2D eigenvalue weighted by molar-refractivity contribution is 6.02. The molecule has 0 N–H and O–H groups in total. The van der Waals surface area contributed by atoms with Gasteiger partial charge in [0.15, 0.2) is 5.76 Å². The van der Waals surface area contributed by atoms with E-state index >= 15 is 0 Å². The van der Waals surface area contributed by atoms with Crippen LogP contribution in [0.5, 0.6) is 0 Å². The number of carbonyl (C=O) groups excluding carboxylic acids is 1. The molecule has 1 aliphatic rings. The van der Waals surface area contributed by atoms with Crippen molar-refractivity contribution in [1.29, 1.82) is 0 Å². The van der Waals surface area contributed by atoms with Gasteiger partial charge in [0.1, 0.15) is 0 Å². The van der Waals surface area contributed by atoms with Gasteiger partial charge in [-0.25, -0.2) is 0 Å². The van der Waals surface area contributed by atoms with Crippen molar-refractivity contribution in [3.63, 3.8) is 0 Å². The van der Waals surface area contributed by atoms with Crippen molar-refractivity contribution in [2.75, 3.05) is 7.11 Å². The van der Waals surface area contributed by atoms with Crippen LogP contribution in [-0.2, 0) is 9.53 Å². The molecule has 0 aliphatic heterocycles. The van der Waals surface area contributed by atoms with E-state index in [1.54, 1.807) is 6.08 Å². The quantitative estimate of drug-likeness (QED) is 0.616. The zero-order valence-electron chi connectivity index (χ0n) is 8.04. The minimum absolute atomic E-state index is 0.0582. The maximum atomic E-state index is 11.4. The zero-order valence-corrected chi connectivity index (χ0v) is 8.04. The topological polar surface area (TPSA) is 26.3 Å². The molecular weight excluding hydrogens is 164 g/mol. The van der Waals surface area contributed by atoms with E-state index in [0.29, 0.717) is 5.76 Å². The molecule has 0 saturated heterocycles. The third-order valence-electron chi connectivity index (χ3n) is 1.92. The number of ketones is 1. The van der Waals surface area contributed by atoms with E-state index in [1.807, 2.05) is 19.1 Å². The Hall–Kier alpha value is -1.31. The molecule has 0 atom stereocenters. The maximum absolute atomic E-state index is 11.4. The van der Waals surface area contributed by atoms with Crippen molar-refractivity contribution in [2.24, 2.45) is 0 Å². The number of hydrogen-bond acceptors (Lipinski definition) is 2. The third-order valence-corrected chi connectivity index (χ3v) is 1.92. The molecule has 0 radical (unpaired) electrons. The largest absolute Gasteiger partial charge is 0.493 e. The summed E-state index contributed by atoms with van der Waals surface area (Å²) in [6.07, 6.45) is 9.12. The molecular formula is C11H14O2. The third kappa shape index (κ3) is 2.90. The lowest BCUT2D eigenvalue weighted by atomic mass is 10.2. The Morgan fingerprint density at radius 2 is 1.92 bits per heavy atom. The molecule has 0 fully saturated rings. The highest BCUT2D eigenvalue weighted by Gasteiger charge is 2.05. The highest BCUT2D eigenvalue weighted by atomic mass is 16.5. The first-order chi connectivity index (χ1) is 6.24. The van der Waals surface area contributed by atoms with Gasteiger partial charge < -0.3 is 4.74 Å². The summed E-state index contributed by atoms with van der Waals surface area (Å²) >= 11 is 0. The van der Waals surface area contributed by atoms with Crippen molar-refractivity contribution in [1.82, 2.24) is 0 Å². The van der Waals surface area contributed by atoms with Crippen LogP contribution in [0.3, 0.4) is 0 Å². The Balaban J connectivity index is 2.85. The fourth-order valence-electron chi connectivity index (χ4n) is 1.17. The number of methoxy groups -OCH3 is 1. The Morgan fingerprint density at radius 3 is 2.62 bits per heavy atom. The number of rotatable bonds is 1. The summed E-state index contributed by atoms with van der Waals surface area (Å²) in [6.45, 7) is 1.99. The minimum atomic E-state index is -0.0582. The summed E-state index contributed by atoms with van der Waals surface area (Å²) in [5, 5.41) is 0. The van der Waals surface area contributed by atoms with Gasteiger partial charge in [-0.15, -0.1) is 0 Å². The molecule has 0 spiro atoms. The lowest BCUT2D eigenvalue weighted by molar-refractivity contribution is -0.114. The van der Waals surface area contributed by atoms with Gasteiger partial charge in [-0.1, -0.05) is 17.7 Å². The Bertz CT molecular complexity index is 282. The van der Waals surface area contributed by atoms with E-state index in [0.717, 1.165) is 18.4 Å². The van der Waals surface area contributed by atoms with E-state index < -0.39 is 0 Å². The molecule has 0 unspecified atom stereocenters. The monoisotopic (exact) mass is 178 g/mol. The molecule has 0 saturated carbocycles. The Morgan fingerprint density at radius 1 is 1.23 bits per heavy atom. The molecule has 0 aromatic rings. The zero-order chi connectivity index (χ0) is 9.68. The van der Waals surface area contributed by atoms with Gasteiger partial charge in [-0.3, -0.25) is 4.79 Å². The van der Waals surface area contributed by atoms with Crippen LogP contribution in [0.15, 0.2) is 35.6 Å². The molecule has 0 aromatic carbocycles. The van der Waals surface area contributed by atoms with Crippen molar-refractivity contribution >= 4 is 5.78 Å². The van der Waals surface area contributed by atoms with Crippen LogP contribution in [0.25, 0.3) is 0 Å². The Labute approximate surface area is 78.6 Å². The van der Waals surface area contributed by atoms with Crippen LogP contribution in [0.2, 0.25) is 0 Å².